The van der Waals surface area contributed by atoms with Crippen molar-refractivity contribution in [3.05, 3.63) is 59.9 Å². The van der Waals surface area contributed by atoms with Gasteiger partial charge in [-0.2, -0.15) is 4.31 Å². The van der Waals surface area contributed by atoms with E-state index < -0.39 is 15.9 Å². The number of nitrogens with one attached hydrogen (secondary N) is 1. The molecule has 6 nitrogen and oxygen atoms in total. The first-order valence-corrected chi connectivity index (χ1v) is 10.8. The van der Waals surface area contributed by atoms with Gasteiger partial charge in [0, 0.05) is 19.2 Å². The molecule has 0 saturated heterocycles. The minimum atomic E-state index is -3.68. The van der Waals surface area contributed by atoms with Crippen LogP contribution in [0.1, 0.15) is 26.3 Å². The van der Waals surface area contributed by atoms with Crippen molar-refractivity contribution in [1.82, 2.24) is 4.31 Å². The van der Waals surface area contributed by atoms with Crippen LogP contribution in [0.3, 0.4) is 0 Å². The molecule has 0 saturated carbocycles. The second kappa shape index (κ2) is 10.2. The molecular formula is C21H25FN2O4S. The fraction of sp³-hybridized carbons (Fsp3) is 0.286. The summed E-state index contributed by atoms with van der Waals surface area (Å²) >= 11 is 0. The molecule has 0 fully saturated rings. The van der Waals surface area contributed by atoms with Crippen LogP contribution < -0.4 is 10.1 Å². The van der Waals surface area contributed by atoms with Crippen LogP contribution >= 0.6 is 0 Å². The average molecular weight is 421 g/mol. The lowest BCUT2D eigenvalue weighted by molar-refractivity contribution is -0.111. The van der Waals surface area contributed by atoms with E-state index in [1.54, 1.807) is 32.9 Å². The van der Waals surface area contributed by atoms with Crippen molar-refractivity contribution in [3.8, 4) is 5.75 Å². The third-order valence-electron chi connectivity index (χ3n) is 4.15. The molecule has 0 spiro atoms. The summed E-state index contributed by atoms with van der Waals surface area (Å²) in [5.41, 5.74) is 0.915. The van der Waals surface area contributed by atoms with Crippen molar-refractivity contribution >= 4 is 27.7 Å². The normalized spacial score (nSPS) is 11.8. The number of carbonyl (C=O) groups is 1. The van der Waals surface area contributed by atoms with Crippen molar-refractivity contribution in [1.29, 1.82) is 0 Å². The quantitative estimate of drug-likeness (QED) is 0.624. The van der Waals surface area contributed by atoms with Gasteiger partial charge in [0.25, 0.3) is 0 Å². The maximum Gasteiger partial charge on any atom is 0.248 e. The lowest BCUT2D eigenvalue weighted by Crippen LogP contribution is -2.30. The molecule has 0 unspecified atom stereocenters. The van der Waals surface area contributed by atoms with Crippen LogP contribution in [0.4, 0.5) is 10.1 Å². The Balaban J connectivity index is 2.29. The monoisotopic (exact) mass is 420 g/mol. The smallest absolute Gasteiger partial charge is 0.248 e. The molecule has 1 amide bonds. The standard InChI is InChI=1S/C21H25FN2O4S/c1-4-24(5-2)29(26,27)18-12-13-20(28-6-3)19(15-18)23-21(25)14-9-16-7-10-17(22)11-8-16/h7-15H,4-6H2,1-3H3,(H,23,25)/b14-9+. The predicted molar refractivity (Wildman–Crippen MR) is 112 cm³/mol. The average Bonchev–Trinajstić information content (AvgIpc) is 2.69. The van der Waals surface area contributed by atoms with Crippen LogP contribution in [0, 0.1) is 5.82 Å². The highest BCUT2D eigenvalue weighted by Gasteiger charge is 2.23. The van der Waals surface area contributed by atoms with Crippen LogP contribution in [0.2, 0.25) is 0 Å². The first kappa shape index (κ1) is 22.6. The largest absolute Gasteiger partial charge is 0.492 e. The first-order chi connectivity index (χ1) is 13.8. The van der Waals surface area contributed by atoms with Gasteiger partial charge in [-0.25, -0.2) is 12.8 Å². The first-order valence-electron chi connectivity index (χ1n) is 9.33. The number of benzene rings is 2. The van der Waals surface area contributed by atoms with Crippen molar-refractivity contribution in [2.75, 3.05) is 25.0 Å². The number of nitrogens with zero attached hydrogens (tertiary/aromatic N) is 1. The Bertz CT molecular complexity index is 969. The van der Waals surface area contributed by atoms with Gasteiger partial charge in [0.05, 0.1) is 17.2 Å². The number of hydrogen-bond acceptors (Lipinski definition) is 4. The molecule has 2 rings (SSSR count). The molecular weight excluding hydrogens is 395 g/mol. The number of rotatable bonds is 9. The van der Waals surface area contributed by atoms with Gasteiger partial charge in [0.1, 0.15) is 11.6 Å². The minimum Gasteiger partial charge on any atom is -0.492 e. The molecule has 0 aliphatic carbocycles. The Morgan fingerprint density at radius 3 is 2.34 bits per heavy atom. The molecule has 2 aromatic carbocycles. The highest BCUT2D eigenvalue weighted by atomic mass is 32.2. The zero-order valence-electron chi connectivity index (χ0n) is 16.7. The number of ether oxygens (including phenoxy) is 1. The summed E-state index contributed by atoms with van der Waals surface area (Å²) in [7, 11) is -3.68. The molecule has 0 aliphatic rings. The SMILES string of the molecule is CCOc1ccc(S(=O)(=O)N(CC)CC)cc1NC(=O)/C=C/c1ccc(F)cc1. The number of amides is 1. The van der Waals surface area contributed by atoms with Gasteiger partial charge in [-0.05, 0) is 48.9 Å². The summed E-state index contributed by atoms with van der Waals surface area (Å²) in [6.07, 6.45) is 2.82. The van der Waals surface area contributed by atoms with E-state index in [0.29, 0.717) is 31.0 Å². The number of carbonyl (C=O) groups excluding carboxylic acids is 1. The molecule has 8 heteroatoms. The third-order valence-corrected chi connectivity index (χ3v) is 6.19. The second-order valence-corrected chi connectivity index (χ2v) is 7.99. The fourth-order valence-electron chi connectivity index (χ4n) is 2.68. The highest BCUT2D eigenvalue weighted by Crippen LogP contribution is 2.29. The number of sulfonamides is 1. The molecule has 0 atom stereocenters. The minimum absolute atomic E-state index is 0.0717. The van der Waals surface area contributed by atoms with Gasteiger partial charge in [0.2, 0.25) is 15.9 Å². The molecule has 0 bridgehead atoms. The van der Waals surface area contributed by atoms with Gasteiger partial charge >= 0.3 is 0 Å². The van der Waals surface area contributed by atoms with E-state index in [1.807, 2.05) is 0 Å². The van der Waals surface area contributed by atoms with Crippen LogP contribution in [0.5, 0.6) is 5.75 Å². The van der Waals surface area contributed by atoms with Crippen molar-refractivity contribution in [2.45, 2.75) is 25.7 Å². The Labute approximate surface area is 171 Å². The van der Waals surface area contributed by atoms with Crippen LogP contribution in [-0.4, -0.2) is 38.3 Å². The molecule has 0 aliphatic heterocycles. The summed E-state index contributed by atoms with van der Waals surface area (Å²) in [5.74, 6) is -0.457. The lowest BCUT2D eigenvalue weighted by atomic mass is 10.2. The highest BCUT2D eigenvalue weighted by molar-refractivity contribution is 7.89. The van der Waals surface area contributed by atoms with Gasteiger partial charge in [0.15, 0.2) is 0 Å². The molecule has 2 aromatic rings. The Morgan fingerprint density at radius 2 is 1.76 bits per heavy atom. The number of anilines is 1. The van der Waals surface area contributed by atoms with E-state index in [0.717, 1.165) is 0 Å². The second-order valence-electron chi connectivity index (χ2n) is 6.05. The van der Waals surface area contributed by atoms with Gasteiger partial charge in [-0.1, -0.05) is 26.0 Å². The zero-order chi connectivity index (χ0) is 21.4. The van der Waals surface area contributed by atoms with Gasteiger partial charge in [-0.3, -0.25) is 4.79 Å². The maximum atomic E-state index is 13.0. The van der Waals surface area contributed by atoms with Crippen molar-refractivity contribution in [3.63, 3.8) is 0 Å². The van der Waals surface area contributed by atoms with Crippen LogP contribution in [0.25, 0.3) is 6.08 Å². The molecule has 29 heavy (non-hydrogen) atoms. The van der Waals surface area contributed by atoms with E-state index in [9.17, 15) is 17.6 Å². The zero-order valence-corrected chi connectivity index (χ0v) is 17.5. The van der Waals surface area contributed by atoms with E-state index >= 15 is 0 Å². The Hall–Kier alpha value is -2.71. The predicted octanol–water partition coefficient (Wildman–Crippen LogP) is 3.91. The van der Waals surface area contributed by atoms with Crippen LogP contribution in [0.15, 0.2) is 53.4 Å². The molecule has 1 N–H and O–H groups in total. The number of hydrogen-bond donors (Lipinski definition) is 1. The summed E-state index contributed by atoms with van der Waals surface area (Å²) in [5, 5.41) is 2.66. The van der Waals surface area contributed by atoms with Gasteiger partial charge in [-0.15, -0.1) is 0 Å². The molecule has 0 heterocycles. The van der Waals surface area contributed by atoms with E-state index in [-0.39, 0.29) is 16.4 Å². The van der Waals surface area contributed by atoms with E-state index in [1.165, 1.54) is 46.8 Å². The van der Waals surface area contributed by atoms with E-state index in [4.69, 9.17) is 4.74 Å². The summed E-state index contributed by atoms with van der Waals surface area (Å²) in [4.78, 5) is 12.4. The molecule has 156 valence electrons. The summed E-state index contributed by atoms with van der Waals surface area (Å²) in [6, 6.07) is 10.1. The van der Waals surface area contributed by atoms with Crippen molar-refractivity contribution in [2.24, 2.45) is 0 Å². The Kier molecular flexibility index (Phi) is 7.92. The van der Waals surface area contributed by atoms with E-state index in [2.05, 4.69) is 5.32 Å². The topological polar surface area (TPSA) is 75.7 Å². The Morgan fingerprint density at radius 1 is 1.10 bits per heavy atom. The lowest BCUT2D eigenvalue weighted by Gasteiger charge is -2.19. The molecule has 0 aromatic heterocycles. The number of halogens is 1. The summed E-state index contributed by atoms with van der Waals surface area (Å²) in [6.45, 7) is 6.36. The van der Waals surface area contributed by atoms with Crippen LogP contribution in [-0.2, 0) is 14.8 Å². The van der Waals surface area contributed by atoms with Gasteiger partial charge < -0.3 is 10.1 Å². The fourth-order valence-corrected chi connectivity index (χ4v) is 4.17. The summed E-state index contributed by atoms with van der Waals surface area (Å²) < 4.78 is 45.3. The maximum absolute atomic E-state index is 13.0. The third kappa shape index (κ3) is 5.88. The van der Waals surface area contributed by atoms with Crippen molar-refractivity contribution < 1.29 is 22.3 Å². The molecule has 0 radical (unpaired) electrons.